The van der Waals surface area contributed by atoms with Crippen LogP contribution < -0.4 is 5.32 Å². The number of aromatic nitrogens is 4. The van der Waals surface area contributed by atoms with Gasteiger partial charge in [-0.25, -0.2) is 0 Å². The molecule has 0 aliphatic rings. The standard InChI is InChI=1S/C23H23BrClN5OS/c1-13-21(24)15(3)29(27-13)10-17-6-5-7-19(8-17)26-23(31)20-9-18(12-32-20)11-30-16(4)22(25)14(2)28-30/h5-9,12H,10-11H2,1-4H3,(H,26,31). The van der Waals surface area contributed by atoms with Crippen LogP contribution in [0.15, 0.2) is 40.2 Å². The topological polar surface area (TPSA) is 64.7 Å². The molecule has 0 aliphatic heterocycles. The molecule has 0 radical (unpaired) electrons. The minimum atomic E-state index is -0.126. The number of carbonyl (C=O) groups is 1. The second kappa shape index (κ2) is 9.21. The number of carbonyl (C=O) groups excluding carboxylic acids is 1. The molecule has 0 saturated heterocycles. The van der Waals surface area contributed by atoms with Crippen molar-refractivity contribution in [2.24, 2.45) is 0 Å². The molecule has 0 spiro atoms. The minimum absolute atomic E-state index is 0.126. The number of hydrogen-bond donors (Lipinski definition) is 1. The Labute approximate surface area is 204 Å². The molecule has 4 rings (SSSR count). The molecule has 0 bridgehead atoms. The second-order valence-corrected chi connectivity index (χ2v) is 9.84. The monoisotopic (exact) mass is 531 g/mol. The number of halogens is 2. The molecule has 166 valence electrons. The lowest BCUT2D eigenvalue weighted by molar-refractivity contribution is 0.103. The molecule has 1 N–H and O–H groups in total. The van der Waals surface area contributed by atoms with Crippen LogP contribution in [0.2, 0.25) is 5.02 Å². The number of amides is 1. The van der Waals surface area contributed by atoms with Gasteiger partial charge in [0.15, 0.2) is 0 Å². The van der Waals surface area contributed by atoms with Crippen molar-refractivity contribution in [2.75, 3.05) is 5.32 Å². The largest absolute Gasteiger partial charge is 0.321 e. The molecule has 3 heterocycles. The number of rotatable bonds is 6. The Morgan fingerprint density at radius 2 is 1.72 bits per heavy atom. The van der Waals surface area contributed by atoms with E-state index in [-0.39, 0.29) is 5.91 Å². The maximum Gasteiger partial charge on any atom is 0.265 e. The van der Waals surface area contributed by atoms with Crippen LogP contribution in [0.4, 0.5) is 5.69 Å². The van der Waals surface area contributed by atoms with Gasteiger partial charge in [0.1, 0.15) is 0 Å². The zero-order chi connectivity index (χ0) is 23.0. The van der Waals surface area contributed by atoms with Gasteiger partial charge in [-0.2, -0.15) is 10.2 Å². The average Bonchev–Trinajstić information content (AvgIpc) is 3.39. The molecule has 32 heavy (non-hydrogen) atoms. The van der Waals surface area contributed by atoms with Crippen molar-refractivity contribution >= 4 is 50.5 Å². The van der Waals surface area contributed by atoms with Gasteiger partial charge in [0.2, 0.25) is 0 Å². The predicted octanol–water partition coefficient (Wildman–Crippen LogP) is 6.14. The van der Waals surface area contributed by atoms with Crippen molar-refractivity contribution in [3.8, 4) is 0 Å². The second-order valence-electron chi connectivity index (χ2n) is 7.76. The van der Waals surface area contributed by atoms with E-state index in [0.717, 1.165) is 44.1 Å². The van der Waals surface area contributed by atoms with E-state index < -0.39 is 0 Å². The van der Waals surface area contributed by atoms with E-state index in [0.29, 0.717) is 23.0 Å². The summed E-state index contributed by atoms with van der Waals surface area (Å²) in [7, 11) is 0. The van der Waals surface area contributed by atoms with E-state index in [9.17, 15) is 4.79 Å². The zero-order valence-electron chi connectivity index (χ0n) is 18.2. The lowest BCUT2D eigenvalue weighted by atomic mass is 10.2. The SMILES string of the molecule is Cc1nn(Cc2csc(C(=O)Nc3cccc(Cn4nc(C)c(Br)c4C)c3)c2)c(C)c1Cl. The summed E-state index contributed by atoms with van der Waals surface area (Å²) in [5.41, 5.74) is 6.61. The summed E-state index contributed by atoms with van der Waals surface area (Å²) in [6.45, 7) is 9.06. The Balaban J connectivity index is 1.44. The van der Waals surface area contributed by atoms with Gasteiger partial charge >= 0.3 is 0 Å². The number of thiophene rings is 1. The molecule has 6 nitrogen and oxygen atoms in total. The normalized spacial score (nSPS) is 11.2. The quantitative estimate of drug-likeness (QED) is 0.324. The molecule has 0 aliphatic carbocycles. The molecular weight excluding hydrogens is 510 g/mol. The number of aryl methyl sites for hydroxylation is 2. The predicted molar refractivity (Wildman–Crippen MR) is 133 cm³/mol. The van der Waals surface area contributed by atoms with Crippen molar-refractivity contribution in [2.45, 2.75) is 40.8 Å². The van der Waals surface area contributed by atoms with Gasteiger partial charge in [0.05, 0.1) is 50.2 Å². The summed E-state index contributed by atoms with van der Waals surface area (Å²) in [5, 5.41) is 14.7. The summed E-state index contributed by atoms with van der Waals surface area (Å²) >= 11 is 11.2. The highest BCUT2D eigenvalue weighted by molar-refractivity contribution is 9.10. The number of nitrogens with zero attached hydrogens (tertiary/aromatic N) is 4. The maximum absolute atomic E-state index is 12.8. The van der Waals surface area contributed by atoms with E-state index in [4.69, 9.17) is 11.6 Å². The van der Waals surface area contributed by atoms with Gasteiger partial charge in [-0.1, -0.05) is 23.7 Å². The van der Waals surface area contributed by atoms with Crippen LogP contribution >= 0.6 is 38.9 Å². The van der Waals surface area contributed by atoms with Gasteiger partial charge in [-0.05, 0) is 78.3 Å². The Kier molecular flexibility index (Phi) is 6.55. The summed E-state index contributed by atoms with van der Waals surface area (Å²) in [5.74, 6) is -0.126. The molecule has 3 aromatic heterocycles. The molecule has 1 aromatic carbocycles. The van der Waals surface area contributed by atoms with Gasteiger partial charge in [-0.15, -0.1) is 11.3 Å². The third-order valence-electron chi connectivity index (χ3n) is 5.31. The molecule has 0 atom stereocenters. The molecule has 0 saturated carbocycles. The third-order valence-corrected chi connectivity index (χ3v) is 7.99. The van der Waals surface area contributed by atoms with Crippen LogP contribution in [0, 0.1) is 27.7 Å². The smallest absolute Gasteiger partial charge is 0.265 e. The van der Waals surface area contributed by atoms with Crippen molar-refractivity contribution in [1.29, 1.82) is 0 Å². The first-order valence-corrected chi connectivity index (χ1v) is 12.1. The van der Waals surface area contributed by atoms with Crippen LogP contribution in [-0.2, 0) is 13.1 Å². The Hall–Kier alpha value is -2.42. The van der Waals surface area contributed by atoms with Gasteiger partial charge < -0.3 is 5.32 Å². The van der Waals surface area contributed by atoms with Crippen molar-refractivity contribution in [1.82, 2.24) is 19.6 Å². The number of benzene rings is 1. The van der Waals surface area contributed by atoms with Crippen molar-refractivity contribution in [3.05, 3.63) is 84.0 Å². The fourth-order valence-corrected chi connectivity index (χ4v) is 4.74. The fourth-order valence-electron chi connectivity index (χ4n) is 3.52. The number of hydrogen-bond acceptors (Lipinski definition) is 4. The highest BCUT2D eigenvalue weighted by Crippen LogP contribution is 2.24. The van der Waals surface area contributed by atoms with Crippen LogP contribution in [0.25, 0.3) is 0 Å². The maximum atomic E-state index is 12.8. The van der Waals surface area contributed by atoms with Gasteiger partial charge in [0.25, 0.3) is 5.91 Å². The van der Waals surface area contributed by atoms with E-state index in [2.05, 4.69) is 31.4 Å². The van der Waals surface area contributed by atoms with Crippen LogP contribution in [0.5, 0.6) is 0 Å². The van der Waals surface area contributed by atoms with Crippen molar-refractivity contribution < 1.29 is 4.79 Å². The van der Waals surface area contributed by atoms with E-state index in [1.807, 2.05) is 72.8 Å². The molecule has 1 amide bonds. The first-order valence-electron chi connectivity index (χ1n) is 10.1. The van der Waals surface area contributed by atoms with Crippen molar-refractivity contribution in [3.63, 3.8) is 0 Å². The number of nitrogens with one attached hydrogen (secondary N) is 1. The highest BCUT2D eigenvalue weighted by atomic mass is 79.9. The molecule has 9 heteroatoms. The van der Waals surface area contributed by atoms with Crippen LogP contribution in [0.1, 0.15) is 43.6 Å². The lowest BCUT2D eigenvalue weighted by Gasteiger charge is -2.08. The summed E-state index contributed by atoms with van der Waals surface area (Å²) < 4.78 is 4.84. The van der Waals surface area contributed by atoms with E-state index >= 15 is 0 Å². The third kappa shape index (κ3) is 4.67. The summed E-state index contributed by atoms with van der Waals surface area (Å²) in [6, 6.07) is 9.75. The Morgan fingerprint density at radius 3 is 2.38 bits per heavy atom. The minimum Gasteiger partial charge on any atom is -0.321 e. The average molecular weight is 533 g/mol. The Morgan fingerprint density at radius 1 is 1.03 bits per heavy atom. The molecule has 4 aromatic rings. The lowest BCUT2D eigenvalue weighted by Crippen LogP contribution is -2.11. The molecular formula is C23H23BrClN5OS. The highest BCUT2D eigenvalue weighted by Gasteiger charge is 2.14. The summed E-state index contributed by atoms with van der Waals surface area (Å²) in [4.78, 5) is 13.5. The van der Waals surface area contributed by atoms with Gasteiger partial charge in [0, 0.05) is 5.69 Å². The Bertz CT molecular complexity index is 1310. The first kappa shape index (κ1) is 22.8. The van der Waals surface area contributed by atoms with E-state index in [1.165, 1.54) is 11.3 Å². The zero-order valence-corrected chi connectivity index (χ0v) is 21.4. The first-order chi connectivity index (χ1) is 15.2. The summed E-state index contributed by atoms with van der Waals surface area (Å²) in [6.07, 6.45) is 0. The van der Waals surface area contributed by atoms with Crippen LogP contribution in [0.3, 0.4) is 0 Å². The molecule has 0 fully saturated rings. The van der Waals surface area contributed by atoms with E-state index in [1.54, 1.807) is 0 Å². The van der Waals surface area contributed by atoms with Gasteiger partial charge in [-0.3, -0.25) is 14.2 Å². The fraction of sp³-hybridized carbons (Fsp3) is 0.261. The molecule has 0 unspecified atom stereocenters. The number of anilines is 1. The van der Waals surface area contributed by atoms with Crippen LogP contribution in [-0.4, -0.2) is 25.5 Å².